The van der Waals surface area contributed by atoms with Crippen LogP contribution in [0.2, 0.25) is 0 Å². The number of nitro groups is 1. The summed E-state index contributed by atoms with van der Waals surface area (Å²) < 4.78 is 0. The van der Waals surface area contributed by atoms with Crippen LogP contribution in [0, 0.1) is 10.1 Å². The SMILES string of the molecule is CC(C)(C)NC(=S)N/N=C/c1ccccc1[N+](=O)[O-]. The van der Waals surface area contributed by atoms with Gasteiger partial charge < -0.3 is 5.32 Å². The standard InChI is InChI=1S/C12H16N4O2S/c1-12(2,3)14-11(19)15-13-8-9-6-4-5-7-10(9)16(17)18/h4-8H,1-3H3,(H2,14,15,19)/b13-8+. The van der Waals surface area contributed by atoms with Gasteiger partial charge in [-0.3, -0.25) is 15.5 Å². The number of thiocarbonyl (C=S) groups is 1. The van der Waals surface area contributed by atoms with Crippen LogP contribution in [0.25, 0.3) is 0 Å². The summed E-state index contributed by atoms with van der Waals surface area (Å²) in [5.41, 5.74) is 2.87. The van der Waals surface area contributed by atoms with Gasteiger partial charge in [0.2, 0.25) is 0 Å². The van der Waals surface area contributed by atoms with Gasteiger partial charge in [0.05, 0.1) is 16.7 Å². The fraction of sp³-hybridized carbons (Fsp3) is 0.333. The van der Waals surface area contributed by atoms with Crippen molar-refractivity contribution >= 4 is 29.2 Å². The molecule has 6 nitrogen and oxygen atoms in total. The molecular weight excluding hydrogens is 264 g/mol. The molecule has 1 rings (SSSR count). The van der Waals surface area contributed by atoms with E-state index in [2.05, 4.69) is 15.8 Å². The highest BCUT2D eigenvalue weighted by Crippen LogP contribution is 2.14. The van der Waals surface area contributed by atoms with E-state index in [0.717, 1.165) is 0 Å². The van der Waals surface area contributed by atoms with Crippen LogP contribution in [0.5, 0.6) is 0 Å². The van der Waals surface area contributed by atoms with Crippen molar-refractivity contribution < 1.29 is 4.92 Å². The largest absolute Gasteiger partial charge is 0.357 e. The van der Waals surface area contributed by atoms with E-state index >= 15 is 0 Å². The van der Waals surface area contributed by atoms with Crippen LogP contribution in [0.15, 0.2) is 29.4 Å². The number of nitro benzene ring substituents is 1. The highest BCUT2D eigenvalue weighted by molar-refractivity contribution is 7.80. The van der Waals surface area contributed by atoms with Crippen LogP contribution in [0.3, 0.4) is 0 Å². The van der Waals surface area contributed by atoms with E-state index in [0.29, 0.717) is 10.7 Å². The Kier molecular flexibility index (Phi) is 4.94. The van der Waals surface area contributed by atoms with Gasteiger partial charge in [0.1, 0.15) is 0 Å². The molecule has 0 spiro atoms. The van der Waals surface area contributed by atoms with Gasteiger partial charge in [-0.15, -0.1) is 0 Å². The lowest BCUT2D eigenvalue weighted by Crippen LogP contribution is -2.44. The molecule has 1 aromatic carbocycles. The van der Waals surface area contributed by atoms with E-state index in [4.69, 9.17) is 12.2 Å². The van der Waals surface area contributed by atoms with E-state index in [-0.39, 0.29) is 11.2 Å². The zero-order valence-corrected chi connectivity index (χ0v) is 11.8. The molecule has 7 heteroatoms. The first-order valence-corrected chi connectivity index (χ1v) is 6.05. The number of hydrogen-bond acceptors (Lipinski definition) is 4. The molecule has 0 amide bonds. The van der Waals surface area contributed by atoms with Gasteiger partial charge in [-0.2, -0.15) is 5.10 Å². The van der Waals surface area contributed by atoms with E-state index in [9.17, 15) is 10.1 Å². The average Bonchev–Trinajstić information content (AvgIpc) is 2.27. The highest BCUT2D eigenvalue weighted by atomic mass is 32.1. The number of hydrogen-bond donors (Lipinski definition) is 2. The number of rotatable bonds is 3. The van der Waals surface area contributed by atoms with Crippen LogP contribution in [-0.4, -0.2) is 21.8 Å². The molecule has 0 aromatic heterocycles. The monoisotopic (exact) mass is 280 g/mol. The summed E-state index contributed by atoms with van der Waals surface area (Å²) in [5.74, 6) is 0. The molecule has 19 heavy (non-hydrogen) atoms. The van der Waals surface area contributed by atoms with Crippen molar-refractivity contribution in [3.8, 4) is 0 Å². The molecule has 0 aliphatic heterocycles. The van der Waals surface area contributed by atoms with Crippen LogP contribution >= 0.6 is 12.2 Å². The van der Waals surface area contributed by atoms with Crippen molar-refractivity contribution in [3.63, 3.8) is 0 Å². The quantitative estimate of drug-likeness (QED) is 0.384. The topological polar surface area (TPSA) is 79.6 Å². The van der Waals surface area contributed by atoms with Gasteiger partial charge in [-0.1, -0.05) is 12.1 Å². The lowest BCUT2D eigenvalue weighted by Gasteiger charge is -2.21. The second-order valence-corrected chi connectivity index (χ2v) is 5.30. The van der Waals surface area contributed by atoms with Crippen molar-refractivity contribution in [1.29, 1.82) is 0 Å². The van der Waals surface area contributed by atoms with Gasteiger partial charge in [-0.25, -0.2) is 0 Å². The zero-order chi connectivity index (χ0) is 14.5. The third kappa shape index (κ3) is 5.43. The second-order valence-electron chi connectivity index (χ2n) is 4.89. The molecule has 0 heterocycles. The number of para-hydroxylation sites is 1. The fourth-order valence-electron chi connectivity index (χ4n) is 1.29. The Morgan fingerprint density at radius 2 is 2.05 bits per heavy atom. The predicted molar refractivity (Wildman–Crippen MR) is 79.3 cm³/mol. The van der Waals surface area contributed by atoms with Crippen molar-refractivity contribution in [2.24, 2.45) is 5.10 Å². The number of nitrogens with zero attached hydrogens (tertiary/aromatic N) is 2. The zero-order valence-electron chi connectivity index (χ0n) is 11.0. The first kappa shape index (κ1) is 15.0. The molecule has 0 bridgehead atoms. The summed E-state index contributed by atoms with van der Waals surface area (Å²) in [4.78, 5) is 10.3. The summed E-state index contributed by atoms with van der Waals surface area (Å²) in [6.07, 6.45) is 1.37. The third-order valence-corrected chi connectivity index (χ3v) is 2.19. The minimum Gasteiger partial charge on any atom is -0.357 e. The maximum Gasteiger partial charge on any atom is 0.278 e. The van der Waals surface area contributed by atoms with Gasteiger partial charge in [0.15, 0.2) is 5.11 Å². The van der Waals surface area contributed by atoms with Crippen molar-refractivity contribution in [2.75, 3.05) is 0 Å². The molecule has 0 unspecified atom stereocenters. The van der Waals surface area contributed by atoms with Gasteiger partial charge >= 0.3 is 0 Å². The fourth-order valence-corrected chi connectivity index (χ4v) is 1.65. The summed E-state index contributed by atoms with van der Waals surface area (Å²) in [6, 6.07) is 6.35. The molecule has 0 aliphatic carbocycles. The maximum absolute atomic E-state index is 10.8. The Morgan fingerprint density at radius 1 is 1.42 bits per heavy atom. The minimum atomic E-state index is -0.451. The number of nitrogens with one attached hydrogen (secondary N) is 2. The van der Waals surface area contributed by atoms with E-state index < -0.39 is 4.92 Å². The number of hydrazone groups is 1. The third-order valence-electron chi connectivity index (χ3n) is 1.99. The summed E-state index contributed by atoms with van der Waals surface area (Å²) >= 11 is 5.03. The molecule has 0 saturated carbocycles. The molecule has 102 valence electrons. The minimum absolute atomic E-state index is 0.00255. The summed E-state index contributed by atoms with van der Waals surface area (Å²) in [5, 5.41) is 18.1. The van der Waals surface area contributed by atoms with Crippen LogP contribution < -0.4 is 10.7 Å². The van der Waals surface area contributed by atoms with Crippen molar-refractivity contribution in [3.05, 3.63) is 39.9 Å². The Hall–Kier alpha value is -2.02. The molecule has 0 atom stereocenters. The number of benzene rings is 1. The van der Waals surface area contributed by atoms with Gasteiger partial charge in [-0.05, 0) is 39.1 Å². The molecule has 2 N–H and O–H groups in total. The van der Waals surface area contributed by atoms with E-state index in [1.54, 1.807) is 18.2 Å². The Bertz CT molecular complexity index is 509. The highest BCUT2D eigenvalue weighted by Gasteiger charge is 2.11. The first-order valence-electron chi connectivity index (χ1n) is 5.64. The average molecular weight is 280 g/mol. The first-order chi connectivity index (χ1) is 8.79. The van der Waals surface area contributed by atoms with E-state index in [1.165, 1.54) is 12.3 Å². The molecular formula is C12H16N4O2S. The predicted octanol–water partition coefficient (Wildman–Crippen LogP) is 2.19. The molecule has 0 fully saturated rings. The van der Waals surface area contributed by atoms with Gasteiger partial charge in [0, 0.05) is 11.6 Å². The summed E-state index contributed by atoms with van der Waals surface area (Å²) in [6.45, 7) is 5.90. The normalized spacial score (nSPS) is 11.3. The van der Waals surface area contributed by atoms with Gasteiger partial charge in [0.25, 0.3) is 5.69 Å². The van der Waals surface area contributed by atoms with Crippen LogP contribution in [-0.2, 0) is 0 Å². The second kappa shape index (κ2) is 6.24. The maximum atomic E-state index is 10.8. The van der Waals surface area contributed by atoms with Crippen molar-refractivity contribution in [1.82, 2.24) is 10.7 Å². The Balaban J connectivity index is 2.68. The molecule has 0 saturated heterocycles. The molecule has 1 aromatic rings. The Labute approximate surface area is 117 Å². The van der Waals surface area contributed by atoms with Crippen LogP contribution in [0.4, 0.5) is 5.69 Å². The molecule has 0 aliphatic rings. The van der Waals surface area contributed by atoms with Crippen molar-refractivity contribution in [2.45, 2.75) is 26.3 Å². The van der Waals surface area contributed by atoms with E-state index in [1.807, 2.05) is 20.8 Å². The summed E-state index contributed by atoms with van der Waals surface area (Å²) in [7, 11) is 0. The Morgan fingerprint density at radius 3 is 2.63 bits per heavy atom. The molecule has 0 radical (unpaired) electrons. The smallest absolute Gasteiger partial charge is 0.278 e. The lowest BCUT2D eigenvalue weighted by molar-refractivity contribution is -0.385. The lowest BCUT2D eigenvalue weighted by atomic mass is 10.1. The van der Waals surface area contributed by atoms with Crippen LogP contribution in [0.1, 0.15) is 26.3 Å².